The van der Waals surface area contributed by atoms with Gasteiger partial charge in [0.1, 0.15) is 5.82 Å². The van der Waals surface area contributed by atoms with Crippen molar-refractivity contribution in [1.29, 1.82) is 0 Å². The SMILES string of the molecule is CNC(=O)c1ccc(NC(=O)CCCNS(=O)(=O)c2ccc(F)cc2)cc1. The van der Waals surface area contributed by atoms with Crippen LogP contribution in [0.3, 0.4) is 0 Å². The molecular weight excluding hydrogens is 373 g/mol. The van der Waals surface area contributed by atoms with Crippen LogP contribution in [0.1, 0.15) is 23.2 Å². The van der Waals surface area contributed by atoms with Crippen LogP contribution in [-0.2, 0) is 14.8 Å². The molecule has 2 aromatic rings. The van der Waals surface area contributed by atoms with E-state index in [-0.39, 0.29) is 29.7 Å². The summed E-state index contributed by atoms with van der Waals surface area (Å²) in [5.74, 6) is -1.01. The zero-order chi connectivity index (χ0) is 19.9. The lowest BCUT2D eigenvalue weighted by Crippen LogP contribution is -2.25. The van der Waals surface area contributed by atoms with E-state index in [1.54, 1.807) is 24.3 Å². The molecule has 0 heterocycles. The Hall–Kier alpha value is -2.78. The monoisotopic (exact) mass is 393 g/mol. The highest BCUT2D eigenvalue weighted by Gasteiger charge is 2.13. The molecule has 2 rings (SSSR count). The Morgan fingerprint density at radius 3 is 2.22 bits per heavy atom. The van der Waals surface area contributed by atoms with Gasteiger partial charge in [-0.05, 0) is 55.0 Å². The number of hydrogen-bond donors (Lipinski definition) is 3. The Bertz CT molecular complexity index is 897. The number of carbonyl (C=O) groups is 2. The first-order chi connectivity index (χ1) is 12.8. The zero-order valence-electron chi connectivity index (χ0n) is 14.7. The van der Waals surface area contributed by atoms with Gasteiger partial charge in [-0.2, -0.15) is 0 Å². The van der Waals surface area contributed by atoms with Crippen LogP contribution < -0.4 is 15.4 Å². The molecule has 0 spiro atoms. The first kappa shape index (κ1) is 20.5. The predicted molar refractivity (Wildman–Crippen MR) is 99.3 cm³/mol. The van der Waals surface area contributed by atoms with E-state index < -0.39 is 15.8 Å². The molecule has 7 nitrogen and oxygen atoms in total. The zero-order valence-corrected chi connectivity index (χ0v) is 15.5. The number of rotatable bonds is 8. The van der Waals surface area contributed by atoms with Gasteiger partial charge in [0, 0.05) is 31.3 Å². The van der Waals surface area contributed by atoms with Crippen LogP contribution >= 0.6 is 0 Å². The molecule has 0 bridgehead atoms. The minimum absolute atomic E-state index is 0.0374. The predicted octanol–water partition coefficient (Wildman–Crippen LogP) is 1.88. The van der Waals surface area contributed by atoms with Gasteiger partial charge in [0.15, 0.2) is 0 Å². The highest BCUT2D eigenvalue weighted by molar-refractivity contribution is 7.89. The smallest absolute Gasteiger partial charge is 0.251 e. The first-order valence-corrected chi connectivity index (χ1v) is 9.67. The lowest BCUT2D eigenvalue weighted by atomic mass is 10.2. The van der Waals surface area contributed by atoms with Gasteiger partial charge in [-0.1, -0.05) is 0 Å². The molecule has 0 saturated heterocycles. The van der Waals surface area contributed by atoms with Crippen LogP contribution in [-0.4, -0.2) is 33.8 Å². The molecule has 2 amide bonds. The number of carbonyl (C=O) groups excluding carboxylic acids is 2. The molecule has 0 radical (unpaired) electrons. The van der Waals surface area contributed by atoms with Crippen molar-refractivity contribution < 1.29 is 22.4 Å². The van der Waals surface area contributed by atoms with Gasteiger partial charge >= 0.3 is 0 Å². The van der Waals surface area contributed by atoms with Gasteiger partial charge in [-0.3, -0.25) is 9.59 Å². The maximum absolute atomic E-state index is 12.8. The molecule has 9 heteroatoms. The number of sulfonamides is 1. The third-order valence-electron chi connectivity index (χ3n) is 3.65. The van der Waals surface area contributed by atoms with Gasteiger partial charge in [-0.25, -0.2) is 17.5 Å². The van der Waals surface area contributed by atoms with E-state index in [1.165, 1.54) is 19.2 Å². The van der Waals surface area contributed by atoms with Crippen LogP contribution in [0.5, 0.6) is 0 Å². The molecule has 0 aliphatic rings. The molecule has 144 valence electrons. The fourth-order valence-electron chi connectivity index (χ4n) is 2.23. The molecule has 0 saturated carbocycles. The summed E-state index contributed by atoms with van der Waals surface area (Å²) in [7, 11) is -2.21. The van der Waals surface area contributed by atoms with Crippen molar-refractivity contribution in [3.63, 3.8) is 0 Å². The van der Waals surface area contributed by atoms with Crippen molar-refractivity contribution in [2.45, 2.75) is 17.7 Å². The van der Waals surface area contributed by atoms with Crippen molar-refractivity contribution in [2.75, 3.05) is 18.9 Å². The fraction of sp³-hybridized carbons (Fsp3) is 0.222. The maximum atomic E-state index is 12.8. The van der Waals surface area contributed by atoms with E-state index >= 15 is 0 Å². The third-order valence-corrected chi connectivity index (χ3v) is 5.13. The van der Waals surface area contributed by atoms with Gasteiger partial charge in [0.25, 0.3) is 5.91 Å². The van der Waals surface area contributed by atoms with E-state index in [0.29, 0.717) is 17.7 Å². The third kappa shape index (κ3) is 6.15. The van der Waals surface area contributed by atoms with Crippen molar-refractivity contribution in [2.24, 2.45) is 0 Å². The molecule has 2 aromatic carbocycles. The van der Waals surface area contributed by atoms with E-state index in [1.807, 2.05) is 0 Å². The number of nitrogens with one attached hydrogen (secondary N) is 3. The Labute approximate surface area is 157 Å². The molecule has 0 aliphatic carbocycles. The van der Waals surface area contributed by atoms with Crippen LogP contribution in [0, 0.1) is 5.82 Å². The van der Waals surface area contributed by atoms with Crippen molar-refractivity contribution >= 4 is 27.5 Å². The summed E-state index contributed by atoms with van der Waals surface area (Å²) in [6.07, 6.45) is 0.408. The van der Waals surface area contributed by atoms with Gasteiger partial charge in [0.05, 0.1) is 4.90 Å². The molecule has 0 aromatic heterocycles. The van der Waals surface area contributed by atoms with E-state index in [0.717, 1.165) is 12.1 Å². The largest absolute Gasteiger partial charge is 0.355 e. The van der Waals surface area contributed by atoms with Gasteiger partial charge in [0.2, 0.25) is 15.9 Å². The van der Waals surface area contributed by atoms with Gasteiger partial charge < -0.3 is 10.6 Å². The average Bonchev–Trinajstić information content (AvgIpc) is 2.65. The average molecular weight is 393 g/mol. The standard InChI is InChI=1S/C18H20FN3O4S/c1-20-18(24)13-4-8-15(9-5-13)22-17(23)3-2-12-21-27(25,26)16-10-6-14(19)7-11-16/h4-11,21H,2-3,12H2,1H3,(H,20,24)(H,22,23). The van der Waals surface area contributed by atoms with Crippen LogP contribution in [0.15, 0.2) is 53.4 Å². The van der Waals surface area contributed by atoms with E-state index in [9.17, 15) is 22.4 Å². The Morgan fingerprint density at radius 1 is 1.00 bits per heavy atom. The lowest BCUT2D eigenvalue weighted by Gasteiger charge is -2.08. The number of benzene rings is 2. The molecular formula is C18H20FN3O4S. The summed E-state index contributed by atoms with van der Waals surface area (Å²) >= 11 is 0. The summed E-state index contributed by atoms with van der Waals surface area (Å²) in [5.41, 5.74) is 1.02. The lowest BCUT2D eigenvalue weighted by molar-refractivity contribution is -0.116. The second kappa shape index (κ2) is 9.24. The van der Waals surface area contributed by atoms with E-state index in [4.69, 9.17) is 0 Å². The van der Waals surface area contributed by atoms with Crippen molar-refractivity contribution in [3.8, 4) is 0 Å². The van der Waals surface area contributed by atoms with Crippen LogP contribution in [0.2, 0.25) is 0 Å². The maximum Gasteiger partial charge on any atom is 0.251 e. The quantitative estimate of drug-likeness (QED) is 0.596. The van der Waals surface area contributed by atoms with Crippen molar-refractivity contribution in [1.82, 2.24) is 10.0 Å². The van der Waals surface area contributed by atoms with E-state index in [2.05, 4.69) is 15.4 Å². The summed E-state index contributed by atoms with van der Waals surface area (Å²) in [5, 5.41) is 5.17. The molecule has 0 unspecified atom stereocenters. The molecule has 0 atom stereocenters. The first-order valence-electron chi connectivity index (χ1n) is 8.19. The molecule has 0 fully saturated rings. The Kier molecular flexibility index (Phi) is 7.03. The van der Waals surface area contributed by atoms with Crippen molar-refractivity contribution in [3.05, 3.63) is 59.9 Å². The highest BCUT2D eigenvalue weighted by atomic mass is 32.2. The normalized spacial score (nSPS) is 11.0. The minimum Gasteiger partial charge on any atom is -0.355 e. The Morgan fingerprint density at radius 2 is 1.63 bits per heavy atom. The minimum atomic E-state index is -3.74. The summed E-state index contributed by atoms with van der Waals surface area (Å²) in [6, 6.07) is 10.9. The summed E-state index contributed by atoms with van der Waals surface area (Å²) < 4.78 is 39.3. The molecule has 0 aliphatic heterocycles. The number of anilines is 1. The number of amides is 2. The van der Waals surface area contributed by atoms with Crippen LogP contribution in [0.25, 0.3) is 0 Å². The van der Waals surface area contributed by atoms with Crippen LogP contribution in [0.4, 0.5) is 10.1 Å². The fourth-order valence-corrected chi connectivity index (χ4v) is 3.30. The molecule has 3 N–H and O–H groups in total. The number of hydrogen-bond acceptors (Lipinski definition) is 4. The second-order valence-corrected chi connectivity index (χ2v) is 7.43. The number of halogens is 1. The second-order valence-electron chi connectivity index (χ2n) is 5.66. The summed E-state index contributed by atoms with van der Waals surface area (Å²) in [4.78, 5) is 23.3. The molecule has 27 heavy (non-hydrogen) atoms. The Balaban J connectivity index is 1.77. The summed E-state index contributed by atoms with van der Waals surface area (Å²) in [6.45, 7) is 0.0722. The van der Waals surface area contributed by atoms with Gasteiger partial charge in [-0.15, -0.1) is 0 Å². The highest BCUT2D eigenvalue weighted by Crippen LogP contribution is 2.11. The topological polar surface area (TPSA) is 104 Å².